The van der Waals surface area contributed by atoms with Gasteiger partial charge in [-0.15, -0.1) is 0 Å². The first kappa shape index (κ1) is 20.3. The molecule has 1 amide bonds. The van der Waals surface area contributed by atoms with E-state index in [1.165, 1.54) is 16.0 Å². The summed E-state index contributed by atoms with van der Waals surface area (Å²) in [4.78, 5) is 26.0. The number of hydrogen-bond donors (Lipinski definition) is 1. The van der Waals surface area contributed by atoms with Gasteiger partial charge in [-0.1, -0.05) is 48.0 Å². The van der Waals surface area contributed by atoms with Crippen LogP contribution in [0.5, 0.6) is 0 Å². The second kappa shape index (κ2) is 8.89. The quantitative estimate of drug-likeness (QED) is 0.549. The number of rotatable bonds is 4. The summed E-state index contributed by atoms with van der Waals surface area (Å²) in [5, 5.41) is 0.917. The molecule has 160 valence electrons. The van der Waals surface area contributed by atoms with E-state index in [9.17, 15) is 4.79 Å². The fraction of sp³-hybridized carbons (Fsp3) is 0.222. The number of hydrogen-bond acceptors (Lipinski definition) is 3. The molecule has 0 bridgehead atoms. The summed E-state index contributed by atoms with van der Waals surface area (Å²) in [6, 6.07) is 22.3. The number of fused-ring (bicyclic) bond motifs is 1. The van der Waals surface area contributed by atoms with Gasteiger partial charge in [-0.05, 0) is 31.2 Å². The van der Waals surface area contributed by atoms with Gasteiger partial charge in [-0.25, -0.2) is 4.98 Å². The van der Waals surface area contributed by atoms with Gasteiger partial charge in [0, 0.05) is 28.9 Å². The maximum atomic E-state index is 13.6. The third-order valence-electron chi connectivity index (χ3n) is 6.26. The molecule has 2 aromatic carbocycles. The lowest BCUT2D eigenvalue weighted by Crippen LogP contribution is -3.13. The second-order valence-corrected chi connectivity index (χ2v) is 8.51. The summed E-state index contributed by atoms with van der Waals surface area (Å²) in [5.41, 5.74) is 5.96. The SMILES string of the molecule is Cc1ccc(-c2cc(C(=O)N3CC[NH+](Cc4ccncc4)CC3)c3ccccc3n2)cc1. The van der Waals surface area contributed by atoms with Gasteiger partial charge >= 0.3 is 0 Å². The molecule has 1 fully saturated rings. The van der Waals surface area contributed by atoms with E-state index >= 15 is 0 Å². The van der Waals surface area contributed by atoms with Crippen LogP contribution in [0.25, 0.3) is 22.2 Å². The highest BCUT2D eigenvalue weighted by Crippen LogP contribution is 2.26. The van der Waals surface area contributed by atoms with Crippen molar-refractivity contribution in [1.29, 1.82) is 0 Å². The van der Waals surface area contributed by atoms with Crippen molar-refractivity contribution < 1.29 is 9.69 Å². The maximum Gasteiger partial charge on any atom is 0.255 e. The Hall–Kier alpha value is -3.57. The Morgan fingerprint density at radius 3 is 2.44 bits per heavy atom. The van der Waals surface area contributed by atoms with Gasteiger partial charge in [0.2, 0.25) is 0 Å². The van der Waals surface area contributed by atoms with Crippen LogP contribution in [-0.4, -0.2) is 47.0 Å². The van der Waals surface area contributed by atoms with Gasteiger partial charge in [-0.3, -0.25) is 9.78 Å². The highest BCUT2D eigenvalue weighted by Gasteiger charge is 2.26. The van der Waals surface area contributed by atoms with Gasteiger partial charge in [-0.2, -0.15) is 0 Å². The first-order valence-corrected chi connectivity index (χ1v) is 11.2. The topological polar surface area (TPSA) is 50.5 Å². The molecule has 0 atom stereocenters. The molecule has 1 aliphatic rings. The number of aryl methyl sites for hydroxylation is 1. The van der Waals surface area contributed by atoms with Crippen LogP contribution in [0.1, 0.15) is 21.5 Å². The molecule has 0 unspecified atom stereocenters. The predicted molar refractivity (Wildman–Crippen MR) is 126 cm³/mol. The zero-order valence-electron chi connectivity index (χ0n) is 18.3. The van der Waals surface area contributed by atoms with E-state index in [1.807, 2.05) is 47.6 Å². The van der Waals surface area contributed by atoms with E-state index in [4.69, 9.17) is 4.98 Å². The Labute approximate surface area is 188 Å². The molecule has 1 aliphatic heterocycles. The van der Waals surface area contributed by atoms with E-state index in [0.29, 0.717) is 0 Å². The summed E-state index contributed by atoms with van der Waals surface area (Å²) >= 11 is 0. The lowest BCUT2D eigenvalue weighted by Gasteiger charge is -2.32. The van der Waals surface area contributed by atoms with E-state index in [-0.39, 0.29) is 5.91 Å². The molecule has 3 heterocycles. The third-order valence-corrected chi connectivity index (χ3v) is 6.26. The van der Waals surface area contributed by atoms with Crippen LogP contribution in [0.2, 0.25) is 0 Å². The first-order chi connectivity index (χ1) is 15.7. The maximum absolute atomic E-state index is 13.6. The second-order valence-electron chi connectivity index (χ2n) is 8.51. The van der Waals surface area contributed by atoms with Crippen LogP contribution in [0.15, 0.2) is 79.1 Å². The van der Waals surface area contributed by atoms with Crippen molar-refractivity contribution in [2.24, 2.45) is 0 Å². The van der Waals surface area contributed by atoms with Crippen LogP contribution in [0.4, 0.5) is 0 Å². The van der Waals surface area contributed by atoms with Gasteiger partial charge in [0.15, 0.2) is 0 Å². The molecule has 1 N–H and O–H groups in total. The largest absolute Gasteiger partial charge is 0.328 e. The molecule has 0 saturated carbocycles. The average Bonchev–Trinajstić information content (AvgIpc) is 2.84. The smallest absolute Gasteiger partial charge is 0.255 e. The number of carbonyl (C=O) groups is 1. The van der Waals surface area contributed by atoms with Crippen molar-refractivity contribution in [2.45, 2.75) is 13.5 Å². The van der Waals surface area contributed by atoms with Gasteiger partial charge in [0.1, 0.15) is 6.54 Å². The number of nitrogens with zero attached hydrogens (tertiary/aromatic N) is 3. The lowest BCUT2D eigenvalue weighted by atomic mass is 10.0. The molecule has 32 heavy (non-hydrogen) atoms. The van der Waals surface area contributed by atoms with Gasteiger partial charge in [0.25, 0.3) is 5.91 Å². The molecule has 0 radical (unpaired) electrons. The Balaban J connectivity index is 1.39. The number of quaternary nitrogens is 1. The number of para-hydroxylation sites is 1. The Bertz CT molecular complexity index is 1230. The molecule has 2 aromatic heterocycles. The Kier molecular flexibility index (Phi) is 5.65. The van der Waals surface area contributed by atoms with Crippen LogP contribution < -0.4 is 4.90 Å². The van der Waals surface area contributed by atoms with Crippen molar-refractivity contribution >= 4 is 16.8 Å². The number of carbonyl (C=O) groups excluding carboxylic acids is 1. The fourth-order valence-electron chi connectivity index (χ4n) is 4.39. The highest BCUT2D eigenvalue weighted by molar-refractivity contribution is 6.07. The summed E-state index contributed by atoms with van der Waals surface area (Å²) in [6.07, 6.45) is 3.68. The number of nitrogens with one attached hydrogen (secondary N) is 1. The molecular weight excluding hydrogens is 396 g/mol. The summed E-state index contributed by atoms with van der Waals surface area (Å²) in [6.45, 7) is 6.46. The van der Waals surface area contributed by atoms with Crippen LogP contribution >= 0.6 is 0 Å². The normalized spacial score (nSPS) is 14.6. The zero-order chi connectivity index (χ0) is 21.9. The monoisotopic (exact) mass is 423 g/mol. The van der Waals surface area contributed by atoms with Gasteiger partial charge < -0.3 is 9.80 Å². The van der Waals surface area contributed by atoms with E-state index < -0.39 is 0 Å². The minimum atomic E-state index is 0.0972. The standard InChI is InChI=1S/C27H26N4O/c1-20-6-8-22(9-7-20)26-18-24(23-4-2-3-5-25(23)29-26)27(32)31-16-14-30(15-17-31)19-21-10-12-28-13-11-21/h2-13,18H,14-17,19H2,1H3/p+1. The van der Waals surface area contributed by atoms with Crippen LogP contribution in [0, 0.1) is 6.92 Å². The fourth-order valence-corrected chi connectivity index (χ4v) is 4.39. The van der Waals surface area contributed by atoms with E-state index in [0.717, 1.165) is 60.4 Å². The predicted octanol–water partition coefficient (Wildman–Crippen LogP) is 3.15. The molecule has 5 heteroatoms. The third kappa shape index (κ3) is 4.25. The summed E-state index contributed by atoms with van der Waals surface area (Å²) in [5.74, 6) is 0.0972. The molecule has 5 nitrogen and oxygen atoms in total. The van der Waals surface area contributed by atoms with E-state index in [2.05, 4.69) is 48.3 Å². The first-order valence-electron chi connectivity index (χ1n) is 11.2. The van der Waals surface area contributed by atoms with Crippen molar-refractivity contribution in [1.82, 2.24) is 14.9 Å². The molecule has 5 rings (SSSR count). The highest BCUT2D eigenvalue weighted by atomic mass is 16.2. The summed E-state index contributed by atoms with van der Waals surface area (Å²) in [7, 11) is 0. The molecule has 1 saturated heterocycles. The lowest BCUT2D eigenvalue weighted by molar-refractivity contribution is -0.917. The minimum absolute atomic E-state index is 0.0972. The van der Waals surface area contributed by atoms with Gasteiger partial charge in [0.05, 0.1) is 43.0 Å². The molecule has 0 aliphatic carbocycles. The zero-order valence-corrected chi connectivity index (χ0v) is 18.3. The van der Waals surface area contributed by atoms with Crippen molar-refractivity contribution in [3.05, 3.63) is 95.8 Å². The van der Waals surface area contributed by atoms with Crippen molar-refractivity contribution in [3.63, 3.8) is 0 Å². The number of pyridine rings is 2. The molecule has 4 aromatic rings. The average molecular weight is 424 g/mol. The Morgan fingerprint density at radius 1 is 0.969 bits per heavy atom. The van der Waals surface area contributed by atoms with Crippen LogP contribution in [0.3, 0.4) is 0 Å². The molecular formula is C27H27N4O+. The Morgan fingerprint density at radius 2 is 1.69 bits per heavy atom. The number of amides is 1. The molecule has 0 spiro atoms. The van der Waals surface area contributed by atoms with E-state index in [1.54, 1.807) is 0 Å². The number of piperazine rings is 1. The van der Waals surface area contributed by atoms with Crippen molar-refractivity contribution in [3.8, 4) is 11.3 Å². The number of benzene rings is 2. The summed E-state index contributed by atoms with van der Waals surface area (Å²) < 4.78 is 0. The number of aromatic nitrogens is 2. The van der Waals surface area contributed by atoms with Crippen LogP contribution in [-0.2, 0) is 6.54 Å². The minimum Gasteiger partial charge on any atom is -0.328 e. The van der Waals surface area contributed by atoms with Crippen molar-refractivity contribution in [2.75, 3.05) is 26.2 Å².